The molecule has 0 spiro atoms. The summed E-state index contributed by atoms with van der Waals surface area (Å²) in [5.41, 5.74) is 1.80. The van der Waals surface area contributed by atoms with Gasteiger partial charge in [-0.1, -0.05) is 0 Å². The number of aromatic hydroxyl groups is 1. The predicted molar refractivity (Wildman–Crippen MR) is 65.4 cm³/mol. The highest BCUT2D eigenvalue weighted by molar-refractivity contribution is 5.76. The molecular weight excluding hydrogens is 235 g/mol. The Morgan fingerprint density at radius 3 is 2.67 bits per heavy atom. The number of hydrogen-bond donors (Lipinski definition) is 2. The number of rotatable bonds is 2. The van der Waals surface area contributed by atoms with Crippen molar-refractivity contribution in [2.24, 2.45) is 0 Å². The molecule has 0 bridgehead atoms. The molecule has 5 heteroatoms. The van der Waals surface area contributed by atoms with Crippen molar-refractivity contribution in [3.8, 4) is 5.75 Å². The molecule has 90 valence electrons. The molecule has 2 N–H and O–H groups in total. The van der Waals surface area contributed by atoms with Gasteiger partial charge in [0.05, 0.1) is 0 Å². The average molecular weight is 244 g/mol. The maximum absolute atomic E-state index is 12.7. The molecule has 0 unspecified atom stereocenters. The first kappa shape index (κ1) is 10.6. The third-order valence-corrected chi connectivity index (χ3v) is 2.47. The molecule has 0 fully saturated rings. The molecule has 18 heavy (non-hydrogen) atoms. The van der Waals surface area contributed by atoms with Crippen LogP contribution < -0.4 is 5.32 Å². The Morgan fingerprint density at radius 2 is 1.89 bits per heavy atom. The molecule has 0 aliphatic heterocycles. The standard InChI is InChI=1S/C13H9FN2O2/c14-8-1-3-9(4-2-8)15-13-16-11-7-10(17)5-6-12(11)18-13/h1-7,17H,(H,15,16). The van der Waals surface area contributed by atoms with E-state index in [0.717, 1.165) is 0 Å². The van der Waals surface area contributed by atoms with Crippen molar-refractivity contribution in [1.82, 2.24) is 4.98 Å². The van der Waals surface area contributed by atoms with E-state index in [1.807, 2.05) is 0 Å². The zero-order valence-electron chi connectivity index (χ0n) is 9.22. The number of aromatic nitrogens is 1. The molecule has 0 aliphatic carbocycles. The monoisotopic (exact) mass is 244 g/mol. The van der Waals surface area contributed by atoms with Gasteiger partial charge in [-0.25, -0.2) is 4.39 Å². The van der Waals surface area contributed by atoms with Crippen LogP contribution in [-0.2, 0) is 0 Å². The number of halogens is 1. The van der Waals surface area contributed by atoms with Gasteiger partial charge >= 0.3 is 0 Å². The summed E-state index contributed by atoms with van der Waals surface area (Å²) < 4.78 is 18.2. The minimum absolute atomic E-state index is 0.129. The van der Waals surface area contributed by atoms with Crippen LogP contribution in [0.1, 0.15) is 0 Å². The van der Waals surface area contributed by atoms with Gasteiger partial charge in [0.1, 0.15) is 17.1 Å². The van der Waals surface area contributed by atoms with Crippen LogP contribution in [0, 0.1) is 5.82 Å². The van der Waals surface area contributed by atoms with Gasteiger partial charge in [-0.2, -0.15) is 4.98 Å². The van der Waals surface area contributed by atoms with Crippen molar-refractivity contribution in [2.45, 2.75) is 0 Å². The second-order valence-corrected chi connectivity index (χ2v) is 3.80. The number of benzene rings is 2. The van der Waals surface area contributed by atoms with Crippen LogP contribution >= 0.6 is 0 Å². The molecule has 0 atom stereocenters. The predicted octanol–water partition coefficient (Wildman–Crippen LogP) is 3.42. The van der Waals surface area contributed by atoms with Crippen molar-refractivity contribution in [2.75, 3.05) is 5.32 Å². The molecule has 0 saturated carbocycles. The van der Waals surface area contributed by atoms with E-state index in [-0.39, 0.29) is 11.6 Å². The fourth-order valence-corrected chi connectivity index (χ4v) is 1.63. The number of hydrogen-bond acceptors (Lipinski definition) is 4. The van der Waals surface area contributed by atoms with Crippen molar-refractivity contribution >= 4 is 22.8 Å². The van der Waals surface area contributed by atoms with Gasteiger partial charge < -0.3 is 14.8 Å². The first-order valence-electron chi connectivity index (χ1n) is 5.33. The summed E-state index contributed by atoms with van der Waals surface area (Å²) in [7, 11) is 0. The Bertz CT molecular complexity index is 692. The zero-order chi connectivity index (χ0) is 12.5. The summed E-state index contributed by atoms with van der Waals surface area (Å²) in [6.07, 6.45) is 0. The zero-order valence-corrected chi connectivity index (χ0v) is 9.22. The number of oxazole rings is 1. The molecular formula is C13H9FN2O2. The van der Waals surface area contributed by atoms with Crippen molar-refractivity contribution < 1.29 is 13.9 Å². The average Bonchev–Trinajstić information content (AvgIpc) is 2.73. The lowest BCUT2D eigenvalue weighted by Gasteiger charge is -1.99. The lowest BCUT2D eigenvalue weighted by atomic mass is 10.3. The summed E-state index contributed by atoms with van der Waals surface area (Å²) >= 11 is 0. The Balaban J connectivity index is 1.92. The van der Waals surface area contributed by atoms with Crippen LogP contribution in [0.2, 0.25) is 0 Å². The summed E-state index contributed by atoms with van der Waals surface area (Å²) in [6, 6.07) is 10.8. The van der Waals surface area contributed by atoms with Gasteiger partial charge in [-0.05, 0) is 36.4 Å². The van der Waals surface area contributed by atoms with Crippen LogP contribution in [0.25, 0.3) is 11.1 Å². The van der Waals surface area contributed by atoms with E-state index in [9.17, 15) is 9.50 Å². The van der Waals surface area contributed by atoms with Crippen LogP contribution in [0.4, 0.5) is 16.1 Å². The van der Waals surface area contributed by atoms with E-state index >= 15 is 0 Å². The molecule has 0 amide bonds. The highest BCUT2D eigenvalue weighted by Crippen LogP contribution is 2.24. The number of nitrogens with zero attached hydrogens (tertiary/aromatic N) is 1. The number of anilines is 2. The molecule has 4 nitrogen and oxygen atoms in total. The molecule has 0 saturated heterocycles. The smallest absolute Gasteiger partial charge is 0.300 e. The normalized spacial score (nSPS) is 10.7. The van der Waals surface area contributed by atoms with Gasteiger partial charge in [-0.15, -0.1) is 0 Å². The van der Waals surface area contributed by atoms with Crippen LogP contribution in [0.5, 0.6) is 5.75 Å². The SMILES string of the molecule is Oc1ccc2oc(Nc3ccc(F)cc3)nc2c1. The fourth-order valence-electron chi connectivity index (χ4n) is 1.63. The van der Waals surface area contributed by atoms with E-state index < -0.39 is 0 Å². The number of phenolic OH excluding ortho intramolecular Hbond substituents is 1. The summed E-state index contributed by atoms with van der Waals surface area (Å²) in [6.45, 7) is 0. The van der Waals surface area contributed by atoms with Crippen LogP contribution in [0.3, 0.4) is 0 Å². The van der Waals surface area contributed by atoms with E-state index in [1.54, 1.807) is 18.2 Å². The molecule has 3 rings (SSSR count). The molecule has 0 radical (unpaired) electrons. The number of fused-ring (bicyclic) bond motifs is 1. The third kappa shape index (κ3) is 1.98. The first-order valence-corrected chi connectivity index (χ1v) is 5.33. The van der Waals surface area contributed by atoms with Crippen molar-refractivity contribution in [3.63, 3.8) is 0 Å². The van der Waals surface area contributed by atoms with Crippen molar-refractivity contribution in [3.05, 3.63) is 48.3 Å². The number of phenols is 1. The Hall–Kier alpha value is -2.56. The summed E-state index contributed by atoms with van der Waals surface area (Å²) in [5, 5.41) is 12.2. The Morgan fingerprint density at radius 1 is 1.11 bits per heavy atom. The lowest BCUT2D eigenvalue weighted by molar-refractivity contribution is 0.476. The van der Waals surface area contributed by atoms with Gasteiger partial charge in [0.25, 0.3) is 6.01 Å². The van der Waals surface area contributed by atoms with E-state index in [1.165, 1.54) is 24.3 Å². The topological polar surface area (TPSA) is 58.3 Å². The molecule has 3 aromatic rings. The molecule has 2 aromatic carbocycles. The minimum atomic E-state index is -0.303. The number of nitrogens with one attached hydrogen (secondary N) is 1. The van der Waals surface area contributed by atoms with Gasteiger partial charge in [0.2, 0.25) is 0 Å². The largest absolute Gasteiger partial charge is 0.508 e. The van der Waals surface area contributed by atoms with E-state index in [0.29, 0.717) is 22.8 Å². The summed E-state index contributed by atoms with van der Waals surface area (Å²) in [4.78, 5) is 4.16. The minimum Gasteiger partial charge on any atom is -0.508 e. The van der Waals surface area contributed by atoms with Gasteiger partial charge in [0, 0.05) is 11.8 Å². The molecule has 1 heterocycles. The Labute approximate surface area is 102 Å². The van der Waals surface area contributed by atoms with Crippen LogP contribution in [-0.4, -0.2) is 10.1 Å². The highest BCUT2D eigenvalue weighted by Gasteiger charge is 2.06. The second kappa shape index (κ2) is 4.03. The van der Waals surface area contributed by atoms with E-state index in [2.05, 4.69) is 10.3 Å². The molecule has 0 aliphatic rings. The maximum Gasteiger partial charge on any atom is 0.300 e. The highest BCUT2D eigenvalue weighted by atomic mass is 19.1. The maximum atomic E-state index is 12.7. The van der Waals surface area contributed by atoms with Gasteiger partial charge in [-0.3, -0.25) is 0 Å². The van der Waals surface area contributed by atoms with E-state index in [4.69, 9.17) is 4.42 Å². The Kier molecular flexibility index (Phi) is 2.37. The third-order valence-electron chi connectivity index (χ3n) is 2.47. The molecule has 1 aromatic heterocycles. The first-order chi connectivity index (χ1) is 8.70. The second-order valence-electron chi connectivity index (χ2n) is 3.80. The summed E-state index contributed by atoms with van der Waals surface area (Å²) in [5.74, 6) is -0.174. The fraction of sp³-hybridized carbons (Fsp3) is 0. The van der Waals surface area contributed by atoms with Crippen LogP contribution in [0.15, 0.2) is 46.9 Å². The lowest BCUT2D eigenvalue weighted by Crippen LogP contribution is -1.89. The quantitative estimate of drug-likeness (QED) is 0.725. The van der Waals surface area contributed by atoms with Gasteiger partial charge in [0.15, 0.2) is 5.58 Å². The van der Waals surface area contributed by atoms with Crippen molar-refractivity contribution in [1.29, 1.82) is 0 Å².